The molecular formula is C8H11NOS. The summed E-state index contributed by atoms with van der Waals surface area (Å²) in [5, 5.41) is 10.1. The Bertz CT molecular complexity index is 175. The van der Waals surface area contributed by atoms with E-state index >= 15 is 0 Å². The van der Waals surface area contributed by atoms with Gasteiger partial charge in [0.15, 0.2) is 0 Å². The maximum atomic E-state index is 8.14. The van der Waals surface area contributed by atoms with Crippen LogP contribution in [0.4, 0.5) is 0 Å². The van der Waals surface area contributed by atoms with Crippen molar-refractivity contribution in [3.05, 3.63) is 0 Å². The molecular weight excluding hydrogens is 158 g/mol. The molecule has 0 aliphatic heterocycles. The van der Waals surface area contributed by atoms with Crippen LogP contribution >= 0.6 is 11.8 Å². The Kier molecular flexibility index (Phi) is 8.53. The third kappa shape index (κ3) is 9.20. The molecule has 0 aromatic rings. The largest absolute Gasteiger partial charge is 0.447 e. The van der Waals surface area contributed by atoms with Crippen LogP contribution in [-0.2, 0) is 4.74 Å². The van der Waals surface area contributed by atoms with Crippen LogP contribution in [0.25, 0.3) is 0 Å². The first-order valence-electron chi connectivity index (χ1n) is 3.52. The van der Waals surface area contributed by atoms with Gasteiger partial charge >= 0.3 is 0 Å². The molecule has 0 fully saturated rings. The van der Waals surface area contributed by atoms with Gasteiger partial charge in [-0.05, 0) is 18.2 Å². The fraction of sp³-hybridized carbons (Fsp3) is 0.625. The Morgan fingerprint density at radius 3 is 3.00 bits per heavy atom. The molecule has 0 N–H and O–H groups in total. The normalized spacial score (nSPS) is 7.64. The molecule has 0 spiro atoms. The maximum Gasteiger partial charge on any atom is 0.133 e. The predicted molar refractivity (Wildman–Crippen MR) is 46.7 cm³/mol. The lowest BCUT2D eigenvalue weighted by atomic mass is 10.5. The zero-order chi connectivity index (χ0) is 8.36. The van der Waals surface area contributed by atoms with Gasteiger partial charge in [-0.3, -0.25) is 0 Å². The molecule has 60 valence electrons. The number of rotatable bonds is 4. The number of hydrogen-bond donors (Lipinski definition) is 0. The summed E-state index contributed by atoms with van der Waals surface area (Å²) in [7, 11) is 0. The van der Waals surface area contributed by atoms with Crippen LogP contribution in [0.5, 0.6) is 0 Å². The van der Waals surface area contributed by atoms with E-state index < -0.39 is 0 Å². The SMILES string of the molecule is CCCOC#CCCSC#N. The Labute approximate surface area is 71.9 Å². The van der Waals surface area contributed by atoms with E-state index in [-0.39, 0.29) is 0 Å². The van der Waals surface area contributed by atoms with Gasteiger partial charge in [0.2, 0.25) is 0 Å². The summed E-state index contributed by atoms with van der Waals surface area (Å²) in [5.41, 5.74) is 0. The number of nitrogens with zero attached hydrogens (tertiary/aromatic N) is 1. The van der Waals surface area contributed by atoms with E-state index in [4.69, 9.17) is 10.00 Å². The molecule has 0 bridgehead atoms. The highest BCUT2D eigenvalue weighted by molar-refractivity contribution is 8.03. The highest BCUT2D eigenvalue weighted by Crippen LogP contribution is 1.96. The molecule has 2 nitrogen and oxygen atoms in total. The van der Waals surface area contributed by atoms with Gasteiger partial charge in [-0.1, -0.05) is 12.8 Å². The second-order valence-electron chi connectivity index (χ2n) is 1.82. The van der Waals surface area contributed by atoms with Crippen LogP contribution in [0.3, 0.4) is 0 Å². The average molecular weight is 169 g/mol. The third-order valence-electron chi connectivity index (χ3n) is 0.844. The van der Waals surface area contributed by atoms with Crippen LogP contribution in [0.2, 0.25) is 0 Å². The molecule has 0 aromatic heterocycles. The van der Waals surface area contributed by atoms with E-state index in [2.05, 4.69) is 12.0 Å². The summed E-state index contributed by atoms with van der Waals surface area (Å²) >= 11 is 1.22. The van der Waals surface area contributed by atoms with E-state index in [9.17, 15) is 0 Å². The van der Waals surface area contributed by atoms with Crippen molar-refractivity contribution < 1.29 is 4.74 Å². The van der Waals surface area contributed by atoms with Gasteiger partial charge in [-0.15, -0.1) is 0 Å². The van der Waals surface area contributed by atoms with Crippen molar-refractivity contribution in [3.8, 4) is 17.4 Å². The number of hydrogen-bond acceptors (Lipinski definition) is 3. The van der Waals surface area contributed by atoms with E-state index in [1.807, 2.05) is 12.3 Å². The monoisotopic (exact) mass is 169 g/mol. The second kappa shape index (κ2) is 9.20. The summed E-state index contributed by atoms with van der Waals surface area (Å²) in [4.78, 5) is 0. The highest BCUT2D eigenvalue weighted by atomic mass is 32.2. The molecule has 0 heterocycles. The molecule has 0 unspecified atom stereocenters. The zero-order valence-electron chi connectivity index (χ0n) is 6.59. The number of thioether (sulfide) groups is 1. The molecule has 0 rings (SSSR count). The minimum Gasteiger partial charge on any atom is -0.447 e. The number of ether oxygens (including phenoxy) is 1. The number of nitriles is 1. The maximum absolute atomic E-state index is 8.14. The third-order valence-corrected chi connectivity index (χ3v) is 1.38. The lowest BCUT2D eigenvalue weighted by Crippen LogP contribution is -1.82. The minimum absolute atomic E-state index is 0.693. The lowest BCUT2D eigenvalue weighted by Gasteiger charge is -1.88. The Hall–Kier alpha value is -0.800. The molecule has 0 saturated carbocycles. The summed E-state index contributed by atoms with van der Waals surface area (Å²) in [6, 6.07) is 0. The zero-order valence-corrected chi connectivity index (χ0v) is 7.41. The molecule has 0 aliphatic carbocycles. The van der Waals surface area contributed by atoms with E-state index in [0.29, 0.717) is 6.61 Å². The smallest absolute Gasteiger partial charge is 0.133 e. The van der Waals surface area contributed by atoms with Crippen LogP contribution in [0.1, 0.15) is 19.8 Å². The van der Waals surface area contributed by atoms with E-state index in [0.717, 1.165) is 18.6 Å². The van der Waals surface area contributed by atoms with Crippen molar-refractivity contribution in [2.45, 2.75) is 19.8 Å². The van der Waals surface area contributed by atoms with Crippen LogP contribution < -0.4 is 0 Å². The Morgan fingerprint density at radius 1 is 1.55 bits per heavy atom. The van der Waals surface area contributed by atoms with Gasteiger partial charge in [0, 0.05) is 12.2 Å². The fourth-order valence-electron chi connectivity index (χ4n) is 0.403. The molecule has 0 atom stereocenters. The molecule has 3 heteroatoms. The van der Waals surface area contributed by atoms with Crippen LogP contribution in [0, 0.1) is 22.7 Å². The minimum atomic E-state index is 0.693. The summed E-state index contributed by atoms with van der Waals surface area (Å²) in [5.74, 6) is 3.57. The molecule has 0 saturated heterocycles. The van der Waals surface area contributed by atoms with Crippen molar-refractivity contribution in [3.63, 3.8) is 0 Å². The topological polar surface area (TPSA) is 33.0 Å². The Balaban J connectivity index is 3.07. The summed E-state index contributed by atoms with van der Waals surface area (Å²) in [6.45, 7) is 2.73. The van der Waals surface area contributed by atoms with E-state index in [1.165, 1.54) is 11.8 Å². The summed E-state index contributed by atoms with van der Waals surface area (Å²) < 4.78 is 4.91. The molecule has 11 heavy (non-hydrogen) atoms. The first-order chi connectivity index (χ1) is 5.41. The van der Waals surface area contributed by atoms with Gasteiger partial charge in [0.25, 0.3) is 0 Å². The van der Waals surface area contributed by atoms with Gasteiger partial charge < -0.3 is 4.74 Å². The van der Waals surface area contributed by atoms with Gasteiger partial charge in [-0.25, -0.2) is 0 Å². The summed E-state index contributed by atoms with van der Waals surface area (Å²) in [6.07, 6.45) is 4.28. The highest BCUT2D eigenvalue weighted by Gasteiger charge is 1.80. The second-order valence-corrected chi connectivity index (χ2v) is 2.70. The van der Waals surface area contributed by atoms with Crippen molar-refractivity contribution in [1.29, 1.82) is 5.26 Å². The Morgan fingerprint density at radius 2 is 2.36 bits per heavy atom. The van der Waals surface area contributed by atoms with Crippen molar-refractivity contribution in [2.75, 3.05) is 12.4 Å². The van der Waals surface area contributed by atoms with Crippen LogP contribution in [-0.4, -0.2) is 12.4 Å². The molecule has 0 amide bonds. The van der Waals surface area contributed by atoms with E-state index in [1.54, 1.807) is 0 Å². The lowest BCUT2D eigenvalue weighted by molar-refractivity contribution is 0.277. The van der Waals surface area contributed by atoms with Gasteiger partial charge in [0.05, 0.1) is 6.61 Å². The quantitative estimate of drug-likeness (QED) is 0.366. The van der Waals surface area contributed by atoms with Crippen molar-refractivity contribution in [1.82, 2.24) is 0 Å². The van der Waals surface area contributed by atoms with Gasteiger partial charge in [0.1, 0.15) is 11.5 Å². The molecule has 0 aliphatic rings. The number of thiocyanates is 1. The van der Waals surface area contributed by atoms with Crippen molar-refractivity contribution in [2.24, 2.45) is 0 Å². The molecule has 0 aromatic carbocycles. The standard InChI is InChI=1S/C8H11NOS/c1-2-5-10-6-3-4-7-11-8-9/h2,4-5,7H2,1H3. The van der Waals surface area contributed by atoms with Gasteiger partial charge in [-0.2, -0.15) is 5.26 Å². The predicted octanol–water partition coefficient (Wildman–Crippen LogP) is 1.98. The first kappa shape index (κ1) is 10.2. The average Bonchev–Trinajstić information content (AvgIpc) is 2.03. The van der Waals surface area contributed by atoms with Crippen molar-refractivity contribution >= 4 is 11.8 Å². The molecule has 0 radical (unpaired) electrons. The first-order valence-corrected chi connectivity index (χ1v) is 4.51. The van der Waals surface area contributed by atoms with Crippen LogP contribution in [0.15, 0.2) is 0 Å². The fourth-order valence-corrected chi connectivity index (χ4v) is 0.698.